The number of unbranched alkanes of at least 4 members (excludes halogenated alkanes) is 1. The van der Waals surface area contributed by atoms with Crippen LogP contribution in [0.25, 0.3) is 0 Å². The predicted molar refractivity (Wildman–Crippen MR) is 125 cm³/mol. The lowest BCUT2D eigenvalue weighted by atomic mass is 9.75. The van der Waals surface area contributed by atoms with Crippen molar-refractivity contribution in [2.75, 3.05) is 20.8 Å². The zero-order valence-electron chi connectivity index (χ0n) is 19.9. The SMILES string of the molecule is CCOC1C2=C(NC(C)=C(C(=O)CCCC#N)C2c2ccc(C#N)cc2OC)C(C)=CN1C. The van der Waals surface area contributed by atoms with Gasteiger partial charge in [0, 0.05) is 66.7 Å². The van der Waals surface area contributed by atoms with Gasteiger partial charge in [0.1, 0.15) is 5.75 Å². The van der Waals surface area contributed by atoms with E-state index in [1.807, 2.05) is 45.0 Å². The van der Waals surface area contributed by atoms with E-state index in [1.165, 1.54) is 0 Å². The van der Waals surface area contributed by atoms with Crippen molar-refractivity contribution in [2.24, 2.45) is 0 Å². The van der Waals surface area contributed by atoms with Gasteiger partial charge in [0.15, 0.2) is 12.0 Å². The first-order chi connectivity index (χ1) is 15.9. The van der Waals surface area contributed by atoms with Crippen LogP contribution >= 0.6 is 0 Å². The highest BCUT2D eigenvalue weighted by atomic mass is 16.5. The number of nitrogens with zero attached hydrogens (tertiary/aromatic N) is 3. The number of ketones is 1. The summed E-state index contributed by atoms with van der Waals surface area (Å²) in [6.07, 6.45) is 2.77. The average Bonchev–Trinajstić information content (AvgIpc) is 2.80. The van der Waals surface area contributed by atoms with Gasteiger partial charge >= 0.3 is 0 Å². The van der Waals surface area contributed by atoms with Crippen molar-refractivity contribution >= 4 is 5.78 Å². The molecule has 2 heterocycles. The molecule has 0 spiro atoms. The number of carbonyl (C=O) groups is 1. The van der Waals surface area contributed by atoms with Gasteiger partial charge in [-0.25, -0.2) is 0 Å². The number of allylic oxidation sites excluding steroid dienone is 3. The Hall–Kier alpha value is -3.55. The normalized spacial score (nSPS) is 19.8. The molecule has 0 amide bonds. The summed E-state index contributed by atoms with van der Waals surface area (Å²) in [5.41, 5.74) is 5.63. The molecule has 2 atom stereocenters. The molecular formula is C26H30N4O3. The molecule has 2 aliphatic heterocycles. The third-order valence-corrected chi connectivity index (χ3v) is 6.02. The number of hydrogen-bond acceptors (Lipinski definition) is 7. The lowest BCUT2D eigenvalue weighted by molar-refractivity contribution is -0.116. The maximum Gasteiger partial charge on any atom is 0.161 e. The van der Waals surface area contributed by atoms with Crippen LogP contribution in [0.15, 0.2) is 52.5 Å². The number of nitriles is 2. The van der Waals surface area contributed by atoms with Crippen LogP contribution < -0.4 is 10.1 Å². The fraction of sp³-hybridized carbons (Fsp3) is 0.423. The Kier molecular flexibility index (Phi) is 7.58. The van der Waals surface area contributed by atoms with Gasteiger partial charge in [-0.15, -0.1) is 0 Å². The molecule has 2 unspecified atom stereocenters. The molecule has 33 heavy (non-hydrogen) atoms. The lowest BCUT2D eigenvalue weighted by Crippen LogP contribution is -2.43. The molecule has 1 N–H and O–H groups in total. The van der Waals surface area contributed by atoms with E-state index in [4.69, 9.17) is 14.7 Å². The van der Waals surface area contributed by atoms with Crippen LogP contribution in [0.2, 0.25) is 0 Å². The monoisotopic (exact) mass is 446 g/mol. The van der Waals surface area contributed by atoms with Gasteiger partial charge in [0.05, 0.1) is 24.8 Å². The second-order valence-electron chi connectivity index (χ2n) is 8.22. The van der Waals surface area contributed by atoms with Crippen molar-refractivity contribution in [1.29, 1.82) is 10.5 Å². The van der Waals surface area contributed by atoms with Gasteiger partial charge in [-0.2, -0.15) is 10.5 Å². The van der Waals surface area contributed by atoms with Gasteiger partial charge in [0.2, 0.25) is 0 Å². The number of likely N-dealkylation sites (N-methyl/N-ethyl adjacent to an activating group) is 1. The van der Waals surface area contributed by atoms with Crippen LogP contribution in [0.1, 0.15) is 57.1 Å². The summed E-state index contributed by atoms with van der Waals surface area (Å²) in [6, 6.07) is 9.58. The number of dihydropyridines is 1. The van der Waals surface area contributed by atoms with Gasteiger partial charge < -0.3 is 19.7 Å². The van der Waals surface area contributed by atoms with Crippen molar-refractivity contribution in [3.05, 3.63) is 63.6 Å². The molecule has 7 heteroatoms. The van der Waals surface area contributed by atoms with Gasteiger partial charge in [-0.1, -0.05) is 6.07 Å². The third-order valence-electron chi connectivity index (χ3n) is 6.02. The van der Waals surface area contributed by atoms with Crippen molar-refractivity contribution in [3.8, 4) is 17.9 Å². The highest BCUT2D eigenvalue weighted by Gasteiger charge is 2.41. The first-order valence-electron chi connectivity index (χ1n) is 11.1. The second-order valence-corrected chi connectivity index (χ2v) is 8.22. The lowest BCUT2D eigenvalue weighted by Gasteiger charge is -2.42. The minimum absolute atomic E-state index is 0.0108. The quantitative estimate of drug-likeness (QED) is 0.596. The Labute approximate surface area is 195 Å². The summed E-state index contributed by atoms with van der Waals surface area (Å²) in [7, 11) is 3.53. The number of ether oxygens (including phenoxy) is 2. The topological polar surface area (TPSA) is 98.4 Å². The maximum absolute atomic E-state index is 13.5. The van der Waals surface area contributed by atoms with E-state index in [2.05, 4.69) is 17.5 Å². The van der Waals surface area contributed by atoms with Crippen molar-refractivity contribution in [3.63, 3.8) is 0 Å². The second kappa shape index (κ2) is 10.4. The van der Waals surface area contributed by atoms with Crippen molar-refractivity contribution < 1.29 is 14.3 Å². The summed E-state index contributed by atoms with van der Waals surface area (Å²) in [4.78, 5) is 15.5. The summed E-state index contributed by atoms with van der Waals surface area (Å²) in [5.74, 6) is 0.123. The number of nitrogens with one attached hydrogen (secondary N) is 1. The molecule has 7 nitrogen and oxygen atoms in total. The summed E-state index contributed by atoms with van der Waals surface area (Å²) in [6.45, 7) is 6.39. The molecule has 1 aromatic carbocycles. The molecule has 0 aliphatic carbocycles. The Morgan fingerprint density at radius 1 is 1.27 bits per heavy atom. The van der Waals surface area contributed by atoms with E-state index in [9.17, 15) is 10.1 Å². The first kappa shape index (κ1) is 24.1. The van der Waals surface area contributed by atoms with Crippen molar-refractivity contribution in [1.82, 2.24) is 10.2 Å². The van der Waals surface area contributed by atoms with Gasteiger partial charge in [-0.3, -0.25) is 4.79 Å². The summed E-state index contributed by atoms with van der Waals surface area (Å²) in [5, 5.41) is 21.8. The molecule has 0 radical (unpaired) electrons. The number of hydrogen-bond donors (Lipinski definition) is 1. The fourth-order valence-electron chi connectivity index (χ4n) is 4.63. The standard InChI is InChI=1S/C26H30N4O3/c1-6-33-26-24-23(19-11-10-18(14-28)13-21(19)32-5)22(20(31)9-7-8-12-27)17(3)29-25(24)16(2)15-30(26)4/h10-11,13,15,23,26,29H,6-9H2,1-5H3. The van der Waals surface area contributed by atoms with Crippen LogP contribution in [0.4, 0.5) is 0 Å². The maximum atomic E-state index is 13.5. The van der Waals surface area contributed by atoms with E-state index >= 15 is 0 Å². The smallest absolute Gasteiger partial charge is 0.161 e. The molecule has 1 aromatic rings. The predicted octanol–water partition coefficient (Wildman–Crippen LogP) is 4.26. The molecule has 172 valence electrons. The highest BCUT2D eigenvalue weighted by molar-refractivity contribution is 5.99. The molecule has 0 aromatic heterocycles. The van der Waals surface area contributed by atoms with Crippen LogP contribution in [0, 0.1) is 22.7 Å². The first-order valence-corrected chi connectivity index (χ1v) is 11.1. The van der Waals surface area contributed by atoms with E-state index in [-0.39, 0.29) is 18.4 Å². The van der Waals surface area contributed by atoms with Crippen LogP contribution in [-0.4, -0.2) is 37.7 Å². The molecule has 0 bridgehead atoms. The zero-order chi connectivity index (χ0) is 24.1. The molecule has 0 saturated carbocycles. The molecular weight excluding hydrogens is 416 g/mol. The van der Waals surface area contributed by atoms with Crippen LogP contribution in [0.5, 0.6) is 5.75 Å². The van der Waals surface area contributed by atoms with Gasteiger partial charge in [-0.05, 0) is 44.9 Å². The summed E-state index contributed by atoms with van der Waals surface area (Å²) >= 11 is 0. The average molecular weight is 447 g/mol. The number of Topliss-reactive ketones (excluding diaryl/α,β-unsaturated/α-hetero) is 1. The van der Waals surface area contributed by atoms with E-state index < -0.39 is 5.92 Å². The van der Waals surface area contributed by atoms with E-state index in [0.717, 1.165) is 28.1 Å². The number of benzene rings is 1. The minimum Gasteiger partial charge on any atom is -0.496 e. The Morgan fingerprint density at radius 3 is 2.67 bits per heavy atom. The number of rotatable bonds is 8. The molecule has 3 rings (SSSR count). The molecule has 2 aliphatic rings. The minimum atomic E-state index is -0.416. The zero-order valence-corrected chi connectivity index (χ0v) is 19.9. The van der Waals surface area contributed by atoms with Crippen LogP contribution in [0.3, 0.4) is 0 Å². The largest absolute Gasteiger partial charge is 0.496 e. The van der Waals surface area contributed by atoms with Crippen LogP contribution in [-0.2, 0) is 9.53 Å². The van der Waals surface area contributed by atoms with Gasteiger partial charge in [0.25, 0.3) is 0 Å². The fourth-order valence-corrected chi connectivity index (χ4v) is 4.63. The number of carbonyl (C=O) groups excluding carboxylic acids is 1. The Morgan fingerprint density at radius 2 is 2.03 bits per heavy atom. The summed E-state index contributed by atoms with van der Waals surface area (Å²) < 4.78 is 11.8. The van der Waals surface area contributed by atoms with E-state index in [0.29, 0.717) is 36.3 Å². The molecule has 0 fully saturated rings. The molecule has 0 saturated heterocycles. The number of methoxy groups -OCH3 is 1. The Bertz CT molecular complexity index is 1120. The third kappa shape index (κ3) is 4.65. The van der Waals surface area contributed by atoms with E-state index in [1.54, 1.807) is 19.2 Å². The highest BCUT2D eigenvalue weighted by Crippen LogP contribution is 2.47. The Balaban J connectivity index is 2.25. The van der Waals surface area contributed by atoms with Crippen molar-refractivity contribution in [2.45, 2.75) is 52.2 Å².